The molecule has 3 fully saturated rings. The summed E-state index contributed by atoms with van der Waals surface area (Å²) >= 11 is 0. The number of carbonyl (C=O) groups excluding carboxylic acids is 1. The van der Waals surface area contributed by atoms with Crippen LogP contribution in [-0.2, 0) is 6.54 Å². The molecule has 0 unspecified atom stereocenters. The van der Waals surface area contributed by atoms with E-state index in [-0.39, 0.29) is 5.91 Å². The molecule has 7 heteroatoms. The van der Waals surface area contributed by atoms with Gasteiger partial charge in [-0.3, -0.25) is 14.6 Å². The number of hydrogen-bond acceptors (Lipinski definition) is 5. The lowest BCUT2D eigenvalue weighted by Gasteiger charge is -2.34. The van der Waals surface area contributed by atoms with Gasteiger partial charge in [-0.05, 0) is 85.0 Å². The number of carbonyl (C=O) groups is 1. The first-order valence-corrected chi connectivity index (χ1v) is 16.0. The van der Waals surface area contributed by atoms with Crippen LogP contribution in [0.5, 0.6) is 0 Å². The molecule has 3 aliphatic rings. The van der Waals surface area contributed by atoms with Gasteiger partial charge in [-0.1, -0.05) is 48.5 Å². The highest BCUT2D eigenvalue weighted by Crippen LogP contribution is 2.40. The minimum atomic E-state index is -0.103. The fourth-order valence-corrected chi connectivity index (χ4v) is 6.63. The number of hydrogen-bond donors (Lipinski definition) is 2. The number of aromatic nitrogens is 3. The zero-order valence-electron chi connectivity index (χ0n) is 25.2. The van der Waals surface area contributed by atoms with Gasteiger partial charge in [0.1, 0.15) is 12.0 Å². The van der Waals surface area contributed by atoms with Crippen molar-refractivity contribution in [3.05, 3.63) is 101 Å². The van der Waals surface area contributed by atoms with E-state index >= 15 is 0 Å². The summed E-state index contributed by atoms with van der Waals surface area (Å²) < 4.78 is 0. The second-order valence-corrected chi connectivity index (χ2v) is 12.7. The van der Waals surface area contributed by atoms with Gasteiger partial charge in [0.25, 0.3) is 5.91 Å². The first kappa shape index (κ1) is 27.2. The lowest BCUT2D eigenvalue weighted by atomic mass is 10.0. The zero-order valence-corrected chi connectivity index (χ0v) is 25.2. The molecule has 0 bridgehead atoms. The fraction of sp³-hybridized carbons (Fsp3) is 0.324. The summed E-state index contributed by atoms with van der Waals surface area (Å²) in [6, 6.07) is 25.9. The van der Waals surface area contributed by atoms with E-state index in [0.717, 1.165) is 70.5 Å². The number of aromatic amines is 1. The van der Waals surface area contributed by atoms with Crippen molar-refractivity contribution in [1.29, 1.82) is 0 Å². The molecule has 8 rings (SSSR count). The third-order valence-corrected chi connectivity index (χ3v) is 9.63. The number of amides is 1. The van der Waals surface area contributed by atoms with Crippen molar-refractivity contribution in [1.82, 2.24) is 24.8 Å². The van der Waals surface area contributed by atoms with E-state index < -0.39 is 0 Å². The summed E-state index contributed by atoms with van der Waals surface area (Å²) in [6.07, 6.45) is 6.89. The Labute approximate surface area is 258 Å². The Bertz CT molecular complexity index is 1810. The molecular weight excluding hydrogens is 544 g/mol. The number of piperazine rings is 1. The predicted octanol–water partition coefficient (Wildman–Crippen LogP) is 7.01. The van der Waals surface area contributed by atoms with Crippen molar-refractivity contribution in [3.8, 4) is 22.5 Å². The summed E-state index contributed by atoms with van der Waals surface area (Å²) in [4.78, 5) is 31.1. The maximum absolute atomic E-state index is 13.1. The highest BCUT2D eigenvalue weighted by atomic mass is 16.1. The van der Waals surface area contributed by atoms with Crippen molar-refractivity contribution in [3.63, 3.8) is 0 Å². The molecule has 2 N–H and O–H groups in total. The van der Waals surface area contributed by atoms with Gasteiger partial charge in [-0.25, -0.2) is 9.97 Å². The van der Waals surface area contributed by atoms with Crippen LogP contribution in [-0.4, -0.2) is 62.9 Å². The molecule has 2 aromatic heterocycles. The molecule has 2 aliphatic carbocycles. The Morgan fingerprint density at radius 3 is 2.41 bits per heavy atom. The molecule has 7 nitrogen and oxygen atoms in total. The van der Waals surface area contributed by atoms with Gasteiger partial charge >= 0.3 is 0 Å². The molecule has 1 aliphatic heterocycles. The number of H-pyrrole nitrogens is 1. The van der Waals surface area contributed by atoms with Gasteiger partial charge in [0.2, 0.25) is 0 Å². The number of nitrogens with one attached hydrogen (secondary N) is 2. The van der Waals surface area contributed by atoms with Gasteiger partial charge in [0, 0.05) is 66.7 Å². The largest absolute Gasteiger partial charge is 0.339 e. The molecule has 0 atom stereocenters. The fourth-order valence-electron chi connectivity index (χ4n) is 6.63. The monoisotopic (exact) mass is 582 g/mol. The van der Waals surface area contributed by atoms with Crippen LogP contribution in [0, 0.1) is 6.92 Å². The first-order valence-electron chi connectivity index (χ1n) is 16.0. The van der Waals surface area contributed by atoms with Crippen LogP contribution >= 0.6 is 0 Å². The molecule has 2 saturated carbocycles. The van der Waals surface area contributed by atoms with E-state index in [4.69, 9.17) is 4.98 Å². The van der Waals surface area contributed by atoms with Crippen LogP contribution in [0.4, 0.5) is 5.69 Å². The minimum Gasteiger partial charge on any atom is -0.339 e. The molecule has 1 amide bonds. The van der Waals surface area contributed by atoms with Crippen molar-refractivity contribution in [2.75, 3.05) is 31.5 Å². The van der Waals surface area contributed by atoms with Gasteiger partial charge in [-0.15, -0.1) is 0 Å². The zero-order chi connectivity index (χ0) is 29.6. The van der Waals surface area contributed by atoms with Gasteiger partial charge in [-0.2, -0.15) is 0 Å². The van der Waals surface area contributed by atoms with Crippen molar-refractivity contribution in [2.45, 2.75) is 51.1 Å². The Balaban J connectivity index is 0.996. The standard InChI is InChI=1S/C37H38N6O/c1-24-31(3-2-4-33(24)41-37(44)29-13-11-27(12-14-29)26-9-10-26)35-32-21-34(40-36(32)39-23-38-35)28-7-5-25(6-8-28)22-42-17-19-43(20-18-42)30-15-16-30/h2-8,11-14,21,23,26,30H,9-10,15-20,22H2,1H3,(H,41,44)(H,38,39,40). The minimum absolute atomic E-state index is 0.103. The van der Waals surface area contributed by atoms with E-state index in [1.165, 1.54) is 49.9 Å². The lowest BCUT2D eigenvalue weighted by molar-refractivity contribution is 0.102. The van der Waals surface area contributed by atoms with Crippen molar-refractivity contribution in [2.24, 2.45) is 0 Å². The number of benzene rings is 3. The second-order valence-electron chi connectivity index (χ2n) is 12.7. The van der Waals surface area contributed by atoms with E-state index in [2.05, 4.69) is 73.6 Å². The highest BCUT2D eigenvalue weighted by molar-refractivity contribution is 6.05. The number of nitrogens with zero attached hydrogens (tertiary/aromatic N) is 4. The predicted molar refractivity (Wildman–Crippen MR) is 176 cm³/mol. The number of anilines is 1. The third kappa shape index (κ3) is 5.53. The summed E-state index contributed by atoms with van der Waals surface area (Å²) in [7, 11) is 0. The average Bonchev–Trinajstić information content (AvgIpc) is 4.00. The van der Waals surface area contributed by atoms with Crippen LogP contribution in [0.15, 0.2) is 79.1 Å². The lowest BCUT2D eigenvalue weighted by Crippen LogP contribution is -2.46. The van der Waals surface area contributed by atoms with Gasteiger partial charge < -0.3 is 10.3 Å². The molecule has 0 radical (unpaired) electrons. The molecule has 1 saturated heterocycles. The summed E-state index contributed by atoms with van der Waals surface area (Å²) in [5.41, 5.74) is 9.86. The molecule has 3 aromatic carbocycles. The van der Waals surface area contributed by atoms with Crippen molar-refractivity contribution < 1.29 is 4.79 Å². The van der Waals surface area contributed by atoms with Crippen LogP contribution in [0.3, 0.4) is 0 Å². The SMILES string of the molecule is Cc1c(NC(=O)c2ccc(C3CC3)cc2)cccc1-c1ncnc2[nH]c(-c3ccc(CN4CCN(C5CC5)CC4)cc3)cc12. The average molecular weight is 583 g/mol. The molecule has 44 heavy (non-hydrogen) atoms. The molecule has 5 aromatic rings. The van der Waals surface area contributed by atoms with E-state index in [1.54, 1.807) is 6.33 Å². The van der Waals surface area contributed by atoms with Crippen LogP contribution in [0.1, 0.15) is 58.6 Å². The van der Waals surface area contributed by atoms with Crippen LogP contribution in [0.25, 0.3) is 33.5 Å². The number of rotatable bonds is 8. The Morgan fingerprint density at radius 2 is 1.68 bits per heavy atom. The van der Waals surface area contributed by atoms with Crippen LogP contribution < -0.4 is 5.32 Å². The maximum atomic E-state index is 13.1. The molecule has 222 valence electrons. The topological polar surface area (TPSA) is 77.1 Å². The second kappa shape index (κ2) is 11.3. The van der Waals surface area contributed by atoms with E-state index in [0.29, 0.717) is 11.5 Å². The molecular formula is C37H38N6O. The smallest absolute Gasteiger partial charge is 0.255 e. The highest BCUT2D eigenvalue weighted by Gasteiger charge is 2.31. The third-order valence-electron chi connectivity index (χ3n) is 9.63. The maximum Gasteiger partial charge on any atom is 0.255 e. The normalized spacial score (nSPS) is 17.7. The summed E-state index contributed by atoms with van der Waals surface area (Å²) in [6.45, 7) is 7.74. The van der Waals surface area contributed by atoms with Gasteiger partial charge in [0.05, 0.1) is 5.69 Å². The Hall–Kier alpha value is -4.33. The summed E-state index contributed by atoms with van der Waals surface area (Å²) in [5, 5.41) is 4.09. The first-order chi connectivity index (χ1) is 21.6. The van der Waals surface area contributed by atoms with Crippen LogP contribution in [0.2, 0.25) is 0 Å². The number of fused-ring (bicyclic) bond motifs is 1. The van der Waals surface area contributed by atoms with Gasteiger partial charge in [0.15, 0.2) is 0 Å². The quantitative estimate of drug-likeness (QED) is 0.206. The van der Waals surface area contributed by atoms with Crippen molar-refractivity contribution >= 4 is 22.6 Å². The summed E-state index contributed by atoms with van der Waals surface area (Å²) in [5.74, 6) is 0.570. The van der Waals surface area contributed by atoms with E-state index in [9.17, 15) is 4.79 Å². The Kier molecular flexibility index (Phi) is 7.00. The molecule has 3 heterocycles. The molecule has 0 spiro atoms. The Morgan fingerprint density at radius 1 is 0.909 bits per heavy atom. The van der Waals surface area contributed by atoms with E-state index in [1.807, 2.05) is 31.2 Å².